The third-order valence-corrected chi connectivity index (χ3v) is 3.67. The van der Waals surface area contributed by atoms with E-state index in [1.807, 2.05) is 0 Å². The van der Waals surface area contributed by atoms with Crippen molar-refractivity contribution in [2.45, 2.75) is 50.7 Å². The summed E-state index contributed by atoms with van der Waals surface area (Å²) < 4.78 is 5.29. The van der Waals surface area contributed by atoms with E-state index < -0.39 is 36.4 Å². The van der Waals surface area contributed by atoms with E-state index in [0.29, 0.717) is 19.4 Å². The van der Waals surface area contributed by atoms with E-state index in [9.17, 15) is 19.8 Å². The summed E-state index contributed by atoms with van der Waals surface area (Å²) in [5.41, 5.74) is 0. The van der Waals surface area contributed by atoms with Crippen LogP contribution in [0.25, 0.3) is 0 Å². The number of carbonyl (C=O) groups excluding carboxylic acids is 1. The maximum atomic E-state index is 11.0. The number of aliphatic hydroxyl groups is 2. The van der Waals surface area contributed by atoms with Gasteiger partial charge in [-0.15, -0.1) is 0 Å². The number of carboxylic acids is 1. The number of aliphatic hydroxyl groups excluding tert-OH is 2. The van der Waals surface area contributed by atoms with Crippen LogP contribution in [0.4, 0.5) is 0 Å². The van der Waals surface area contributed by atoms with Crippen LogP contribution >= 0.6 is 0 Å². The first-order valence-corrected chi connectivity index (χ1v) is 7.06. The van der Waals surface area contributed by atoms with Gasteiger partial charge in [-0.25, -0.2) is 4.79 Å². The Morgan fingerprint density at radius 3 is 2.43 bits per heavy atom. The Morgan fingerprint density at radius 2 is 1.86 bits per heavy atom. The topological polar surface area (TPSA) is 128 Å². The predicted molar refractivity (Wildman–Crippen MR) is 73.4 cm³/mol. The van der Waals surface area contributed by atoms with Crippen LogP contribution < -0.4 is 10.6 Å². The van der Waals surface area contributed by atoms with Gasteiger partial charge in [0.1, 0.15) is 12.3 Å². The van der Waals surface area contributed by atoms with Crippen LogP contribution in [0.1, 0.15) is 26.2 Å². The summed E-state index contributed by atoms with van der Waals surface area (Å²) >= 11 is 0. The van der Waals surface area contributed by atoms with Gasteiger partial charge in [0.25, 0.3) is 0 Å². The average Bonchev–Trinajstić information content (AvgIpc) is 2.45. The molecule has 1 amide bonds. The fraction of sp³-hybridized carbons (Fsp3) is 0.846. The zero-order chi connectivity index (χ0) is 16.0. The van der Waals surface area contributed by atoms with Gasteiger partial charge < -0.3 is 25.4 Å². The Bertz CT molecular complexity index is 365. The standard InChI is InChI=1S/C13H24N2O6/c1-7-9(17)10(18)11(13(19)20)21-12(7)15-6-4-3-5-8(16)14-2/h7,9-12,15,17-18H,3-6H2,1-2H3,(H,14,16)(H,19,20). The maximum absolute atomic E-state index is 11.0. The summed E-state index contributed by atoms with van der Waals surface area (Å²) in [4.78, 5) is 22.0. The Balaban J connectivity index is 2.39. The number of carboxylic acid groups (broad SMARTS) is 1. The van der Waals surface area contributed by atoms with Crippen molar-refractivity contribution in [1.29, 1.82) is 0 Å². The molecule has 0 aromatic carbocycles. The quantitative estimate of drug-likeness (QED) is 0.368. The number of rotatable bonds is 7. The molecule has 0 bridgehead atoms. The summed E-state index contributed by atoms with van der Waals surface area (Å²) in [6.45, 7) is 2.20. The monoisotopic (exact) mass is 304 g/mol. The van der Waals surface area contributed by atoms with Crippen molar-refractivity contribution in [2.75, 3.05) is 13.6 Å². The lowest BCUT2D eigenvalue weighted by atomic mass is 9.91. The van der Waals surface area contributed by atoms with E-state index in [1.54, 1.807) is 14.0 Å². The minimum Gasteiger partial charge on any atom is -0.479 e. The first-order valence-electron chi connectivity index (χ1n) is 7.06. The number of hydrogen-bond donors (Lipinski definition) is 5. The van der Waals surface area contributed by atoms with E-state index in [1.165, 1.54) is 0 Å². The zero-order valence-corrected chi connectivity index (χ0v) is 12.3. The van der Waals surface area contributed by atoms with Crippen LogP contribution in [0.5, 0.6) is 0 Å². The van der Waals surface area contributed by atoms with Gasteiger partial charge in [-0.1, -0.05) is 6.92 Å². The molecular formula is C13H24N2O6. The number of unbranched alkanes of at least 4 members (excludes halogenated alkanes) is 1. The van der Waals surface area contributed by atoms with Crippen molar-refractivity contribution in [1.82, 2.24) is 10.6 Å². The molecule has 8 nitrogen and oxygen atoms in total. The van der Waals surface area contributed by atoms with Crippen molar-refractivity contribution in [3.63, 3.8) is 0 Å². The normalized spacial score (nSPS) is 32.7. The fourth-order valence-electron chi connectivity index (χ4n) is 2.25. The first-order chi connectivity index (χ1) is 9.88. The second-order valence-electron chi connectivity index (χ2n) is 5.24. The molecule has 0 aromatic heterocycles. The van der Waals surface area contributed by atoms with Crippen LogP contribution in [-0.2, 0) is 14.3 Å². The van der Waals surface area contributed by atoms with Crippen molar-refractivity contribution < 1.29 is 29.6 Å². The summed E-state index contributed by atoms with van der Waals surface area (Å²) in [7, 11) is 1.58. The van der Waals surface area contributed by atoms with E-state index in [4.69, 9.17) is 9.84 Å². The Morgan fingerprint density at radius 1 is 1.19 bits per heavy atom. The smallest absolute Gasteiger partial charge is 0.335 e. The largest absolute Gasteiger partial charge is 0.479 e. The number of aliphatic carboxylic acids is 1. The molecule has 1 saturated heterocycles. The minimum absolute atomic E-state index is 0.0261. The van der Waals surface area contributed by atoms with Gasteiger partial charge in [0.2, 0.25) is 5.91 Å². The average molecular weight is 304 g/mol. The molecule has 0 saturated carbocycles. The van der Waals surface area contributed by atoms with Crippen molar-refractivity contribution >= 4 is 11.9 Å². The summed E-state index contributed by atoms with van der Waals surface area (Å²) in [6, 6.07) is 0. The molecule has 1 aliphatic heterocycles. The van der Waals surface area contributed by atoms with Gasteiger partial charge in [-0.05, 0) is 19.4 Å². The molecule has 5 atom stereocenters. The maximum Gasteiger partial charge on any atom is 0.335 e. The van der Waals surface area contributed by atoms with Crippen LogP contribution in [0, 0.1) is 5.92 Å². The molecule has 8 heteroatoms. The molecule has 0 spiro atoms. The van der Waals surface area contributed by atoms with Gasteiger partial charge in [0.15, 0.2) is 6.10 Å². The minimum atomic E-state index is -1.44. The van der Waals surface area contributed by atoms with Gasteiger partial charge in [0.05, 0.1) is 6.10 Å². The predicted octanol–water partition coefficient (Wildman–Crippen LogP) is -1.34. The Labute approximate surface area is 123 Å². The number of nitrogens with one attached hydrogen (secondary N) is 2. The van der Waals surface area contributed by atoms with E-state index >= 15 is 0 Å². The highest BCUT2D eigenvalue weighted by Gasteiger charge is 2.45. The molecule has 1 fully saturated rings. The molecule has 1 heterocycles. The SMILES string of the molecule is CNC(=O)CCCCNC1OC(C(=O)O)C(O)C(O)C1C. The molecule has 21 heavy (non-hydrogen) atoms. The molecule has 5 N–H and O–H groups in total. The fourth-order valence-corrected chi connectivity index (χ4v) is 2.25. The molecule has 1 rings (SSSR count). The van der Waals surface area contributed by atoms with Crippen molar-refractivity contribution in [3.05, 3.63) is 0 Å². The second kappa shape index (κ2) is 8.28. The van der Waals surface area contributed by atoms with Crippen LogP contribution in [0.15, 0.2) is 0 Å². The van der Waals surface area contributed by atoms with Gasteiger partial charge >= 0.3 is 5.97 Å². The second-order valence-corrected chi connectivity index (χ2v) is 5.24. The molecule has 1 aliphatic rings. The molecule has 5 unspecified atom stereocenters. The zero-order valence-electron chi connectivity index (χ0n) is 12.3. The van der Waals surface area contributed by atoms with Crippen molar-refractivity contribution in [2.24, 2.45) is 5.92 Å². The van der Waals surface area contributed by atoms with Gasteiger partial charge in [0, 0.05) is 19.4 Å². The number of hydrogen-bond acceptors (Lipinski definition) is 6. The third kappa shape index (κ3) is 4.92. The molecule has 0 aliphatic carbocycles. The Kier molecular flexibility index (Phi) is 7.03. The summed E-state index contributed by atoms with van der Waals surface area (Å²) in [5.74, 6) is -1.77. The molecule has 0 aromatic rings. The van der Waals surface area contributed by atoms with E-state index in [2.05, 4.69) is 10.6 Å². The number of amides is 1. The van der Waals surface area contributed by atoms with Crippen LogP contribution in [-0.4, -0.2) is 65.3 Å². The number of carbonyl (C=O) groups is 2. The highest BCUT2D eigenvalue weighted by molar-refractivity contribution is 5.75. The lowest BCUT2D eigenvalue weighted by Gasteiger charge is -2.40. The lowest BCUT2D eigenvalue weighted by Crippen LogP contribution is -2.60. The first kappa shape index (κ1) is 17.8. The number of ether oxygens (including phenoxy) is 1. The highest BCUT2D eigenvalue weighted by atomic mass is 16.6. The van der Waals surface area contributed by atoms with Gasteiger partial charge in [-0.2, -0.15) is 0 Å². The molecular weight excluding hydrogens is 280 g/mol. The third-order valence-electron chi connectivity index (χ3n) is 3.67. The summed E-state index contributed by atoms with van der Waals surface area (Å²) in [5, 5.41) is 34.0. The molecule has 122 valence electrons. The van der Waals surface area contributed by atoms with Crippen LogP contribution in [0.2, 0.25) is 0 Å². The lowest BCUT2D eigenvalue weighted by molar-refractivity contribution is -0.215. The molecule has 0 radical (unpaired) electrons. The summed E-state index contributed by atoms with van der Waals surface area (Å²) in [6.07, 6.45) is -2.85. The van der Waals surface area contributed by atoms with E-state index in [0.717, 1.165) is 6.42 Å². The van der Waals surface area contributed by atoms with Gasteiger partial charge in [-0.3, -0.25) is 10.1 Å². The van der Waals surface area contributed by atoms with Crippen LogP contribution in [0.3, 0.4) is 0 Å². The van der Waals surface area contributed by atoms with E-state index in [-0.39, 0.29) is 5.91 Å². The highest BCUT2D eigenvalue weighted by Crippen LogP contribution is 2.24. The van der Waals surface area contributed by atoms with Crippen molar-refractivity contribution in [3.8, 4) is 0 Å². The Hall–Kier alpha value is -1.22.